The second-order valence-corrected chi connectivity index (χ2v) is 6.15. The van der Waals surface area contributed by atoms with Crippen molar-refractivity contribution < 1.29 is 51.0 Å². The number of rotatable bonds is 5. The van der Waals surface area contributed by atoms with E-state index < -0.39 is 0 Å². The van der Waals surface area contributed by atoms with Gasteiger partial charge in [-0.2, -0.15) is 0 Å². The Bertz CT molecular complexity index is 226. The van der Waals surface area contributed by atoms with E-state index in [1.165, 1.54) is 12.8 Å². The van der Waals surface area contributed by atoms with Gasteiger partial charge in [-0.15, -0.1) is 12.2 Å². The number of hydrogen-bond acceptors (Lipinski definition) is 0. The van der Waals surface area contributed by atoms with Crippen LogP contribution in [0.4, 0.5) is 0 Å². The third-order valence-corrected chi connectivity index (χ3v) is 3.09. The summed E-state index contributed by atoms with van der Waals surface area (Å²) in [6.45, 7) is 5.65. The first-order chi connectivity index (χ1) is 6.29. The third-order valence-electron chi connectivity index (χ3n) is 1.98. The van der Waals surface area contributed by atoms with Gasteiger partial charge < -0.3 is 30.1 Å². The summed E-state index contributed by atoms with van der Waals surface area (Å²) < 4.78 is 0. The Hall–Kier alpha value is 0.990. The molecule has 16 heavy (non-hydrogen) atoms. The molecule has 0 bridgehead atoms. The number of halogens is 2. The summed E-state index contributed by atoms with van der Waals surface area (Å²) in [5.41, 5.74) is 2.46. The van der Waals surface area contributed by atoms with Gasteiger partial charge in [0.15, 0.2) is 0 Å². The molecule has 0 atom stereocenters. The molecule has 1 rings (SSSR count). The van der Waals surface area contributed by atoms with Crippen LogP contribution >= 0.6 is 0 Å². The Morgan fingerprint density at radius 3 is 2.25 bits per heavy atom. The first-order valence-electron chi connectivity index (χ1n) is 4.94. The molecule has 1 aliphatic rings. The third kappa shape index (κ3) is 11.5. The van der Waals surface area contributed by atoms with Crippen molar-refractivity contribution in [1.29, 1.82) is 0 Å². The molecule has 0 aromatic carbocycles. The largest absolute Gasteiger partial charge is 3.00 e. The Morgan fingerprint density at radius 1 is 1.19 bits per heavy atom. The van der Waals surface area contributed by atoms with Gasteiger partial charge in [-0.3, -0.25) is 0 Å². The molecule has 1 radical (unpaired) electrons. The van der Waals surface area contributed by atoms with E-state index in [9.17, 15) is 0 Å². The Balaban J connectivity index is -0.000000563. The van der Waals surface area contributed by atoms with Gasteiger partial charge in [-0.1, -0.05) is 49.9 Å². The van der Waals surface area contributed by atoms with Gasteiger partial charge in [0, 0.05) is 0 Å². The molecule has 0 N–H and O–H groups in total. The SMILES string of the molecule is C[Si](C)=CCCC[N-]C1C=CC=C1.[Cl-].[Cl-].[Zr+3]. The van der Waals surface area contributed by atoms with Crippen molar-refractivity contribution in [3.63, 3.8) is 0 Å². The number of allylic oxidation sites excluding steroid dienone is 2. The molecule has 0 fully saturated rings. The molecule has 0 heterocycles. The normalized spacial score (nSPS) is 12.4. The quantitative estimate of drug-likeness (QED) is 0.364. The molecule has 0 aromatic heterocycles. The van der Waals surface area contributed by atoms with E-state index in [-0.39, 0.29) is 59.4 Å². The van der Waals surface area contributed by atoms with E-state index >= 15 is 0 Å². The van der Waals surface area contributed by atoms with Crippen molar-refractivity contribution in [1.82, 2.24) is 0 Å². The summed E-state index contributed by atoms with van der Waals surface area (Å²) in [4.78, 5) is 0. The average Bonchev–Trinajstić information content (AvgIpc) is 2.55. The second kappa shape index (κ2) is 14.1. The molecule has 0 aliphatic heterocycles. The monoisotopic (exact) mass is 352 g/mol. The molecule has 0 amide bonds. The van der Waals surface area contributed by atoms with Crippen LogP contribution in [0.3, 0.4) is 0 Å². The zero-order chi connectivity index (χ0) is 9.52. The fourth-order valence-corrected chi connectivity index (χ4v) is 2.05. The summed E-state index contributed by atoms with van der Waals surface area (Å²) >= 11 is 0. The summed E-state index contributed by atoms with van der Waals surface area (Å²) in [6.07, 6.45) is 10.9. The van der Waals surface area contributed by atoms with Crippen molar-refractivity contribution in [2.45, 2.75) is 32.0 Å². The Kier molecular flexibility index (Phi) is 19.5. The smallest absolute Gasteiger partial charge is 1.00 e. The molecular weight excluding hydrogens is 336 g/mol. The molecule has 0 spiro atoms. The van der Waals surface area contributed by atoms with Gasteiger partial charge in [0.1, 0.15) is 0 Å². The molecule has 1 nitrogen and oxygen atoms in total. The summed E-state index contributed by atoms with van der Waals surface area (Å²) in [5, 5.41) is 4.54. The zero-order valence-corrected chi connectivity index (χ0v) is 14.8. The molecule has 0 saturated heterocycles. The Morgan fingerprint density at radius 2 is 1.75 bits per heavy atom. The molecule has 89 valence electrons. The van der Waals surface area contributed by atoms with Crippen molar-refractivity contribution in [3.05, 3.63) is 29.6 Å². The average molecular weight is 354 g/mol. The zero-order valence-electron chi connectivity index (χ0n) is 9.79. The van der Waals surface area contributed by atoms with Crippen LogP contribution in [0.15, 0.2) is 24.3 Å². The maximum atomic E-state index is 4.54. The van der Waals surface area contributed by atoms with Crippen LogP contribution in [0.2, 0.25) is 13.1 Å². The van der Waals surface area contributed by atoms with E-state index in [1.54, 1.807) is 0 Å². The first kappa shape index (κ1) is 22.2. The topological polar surface area (TPSA) is 14.1 Å². The van der Waals surface area contributed by atoms with Crippen LogP contribution in [0.1, 0.15) is 12.8 Å². The standard InChI is InChI=1S/C11H18NSi.2ClH.Zr/c1-13(2)10-6-5-9-12-11-7-3-4-8-11;;;/h3-4,7-8,10-11H,5-6,9H2,1-2H3;2*1H;/q-1;;;+3/p-2. The van der Waals surface area contributed by atoms with E-state index in [0.29, 0.717) is 6.04 Å². The van der Waals surface area contributed by atoms with Gasteiger partial charge in [-0.25, -0.2) is 0 Å². The number of hydrogen-bond donors (Lipinski definition) is 0. The van der Waals surface area contributed by atoms with Gasteiger partial charge in [-0.05, 0) is 14.8 Å². The van der Waals surface area contributed by atoms with Crippen LogP contribution in [0, 0.1) is 0 Å². The summed E-state index contributed by atoms with van der Waals surface area (Å²) in [6, 6.07) is 0.369. The molecule has 1 aliphatic carbocycles. The second-order valence-electron chi connectivity index (χ2n) is 3.59. The van der Waals surface area contributed by atoms with Crippen LogP contribution < -0.4 is 24.8 Å². The van der Waals surface area contributed by atoms with Crippen molar-refractivity contribution in [2.24, 2.45) is 0 Å². The van der Waals surface area contributed by atoms with Crippen molar-refractivity contribution >= 4 is 14.1 Å². The van der Waals surface area contributed by atoms with E-state index in [4.69, 9.17) is 0 Å². The minimum atomic E-state index is -0.128. The van der Waals surface area contributed by atoms with Crippen molar-refractivity contribution in [3.8, 4) is 0 Å². The first-order valence-corrected chi connectivity index (χ1v) is 7.52. The molecule has 5 heteroatoms. The van der Waals surface area contributed by atoms with Crippen LogP contribution in [-0.4, -0.2) is 26.7 Å². The van der Waals surface area contributed by atoms with E-state index in [1.807, 2.05) is 0 Å². The summed E-state index contributed by atoms with van der Waals surface area (Å²) in [5.74, 6) is 0. The maximum Gasteiger partial charge on any atom is 3.00 e. The predicted octanol–water partition coefficient (Wildman–Crippen LogP) is -3.22. The molecule has 0 saturated carbocycles. The van der Waals surface area contributed by atoms with Gasteiger partial charge >= 0.3 is 26.2 Å². The number of nitrogens with zero attached hydrogens (tertiary/aromatic N) is 1. The minimum absolute atomic E-state index is 0. The predicted molar refractivity (Wildman–Crippen MR) is 63.1 cm³/mol. The fourth-order valence-electron chi connectivity index (χ4n) is 1.26. The van der Waals surface area contributed by atoms with E-state index in [2.05, 4.69) is 48.4 Å². The minimum Gasteiger partial charge on any atom is -1.00 e. The molecular formula is C11H18Cl2NSiZr. The van der Waals surface area contributed by atoms with Gasteiger partial charge in [0.25, 0.3) is 0 Å². The fraction of sp³-hybridized carbons (Fsp3) is 0.545. The number of unbranched alkanes of at least 4 members (excludes halogenated alkanes) is 1. The Labute approximate surface area is 132 Å². The van der Waals surface area contributed by atoms with Gasteiger partial charge in [0.05, 0.1) is 0 Å². The van der Waals surface area contributed by atoms with Crippen LogP contribution in [0.5, 0.6) is 0 Å². The maximum absolute atomic E-state index is 4.54. The van der Waals surface area contributed by atoms with Gasteiger partial charge in [0.2, 0.25) is 0 Å². The van der Waals surface area contributed by atoms with Crippen molar-refractivity contribution in [2.75, 3.05) is 6.54 Å². The summed E-state index contributed by atoms with van der Waals surface area (Å²) in [7, 11) is -0.128. The van der Waals surface area contributed by atoms with Crippen LogP contribution in [-0.2, 0) is 26.2 Å². The molecule has 0 unspecified atom stereocenters. The van der Waals surface area contributed by atoms with E-state index in [0.717, 1.165) is 6.54 Å². The molecule has 0 aromatic rings. The van der Waals surface area contributed by atoms with Crippen LogP contribution in [0.25, 0.3) is 5.32 Å².